The maximum Gasteiger partial charge on any atom is 0.290 e. The summed E-state index contributed by atoms with van der Waals surface area (Å²) in [5, 5.41) is 11.1. The van der Waals surface area contributed by atoms with Gasteiger partial charge in [0.2, 0.25) is 0 Å². The van der Waals surface area contributed by atoms with Crippen molar-refractivity contribution in [2.45, 2.75) is 25.9 Å². The Morgan fingerprint density at radius 1 is 1.06 bits per heavy atom. The zero-order valence-electron chi connectivity index (χ0n) is 19.9. The summed E-state index contributed by atoms with van der Waals surface area (Å²) in [6.45, 7) is 1.96. The summed E-state index contributed by atoms with van der Waals surface area (Å²) >= 11 is 5.85. The molecular weight excluding hydrogens is 482 g/mol. The van der Waals surface area contributed by atoms with Crippen LogP contribution in [0.15, 0.2) is 65.7 Å². The Balaban J connectivity index is 1.39. The molecule has 9 heteroatoms. The molecule has 0 spiro atoms. The Bertz CT molecular complexity index is 1270. The van der Waals surface area contributed by atoms with E-state index in [0.29, 0.717) is 29.4 Å². The van der Waals surface area contributed by atoms with E-state index in [1.807, 2.05) is 35.2 Å². The number of likely N-dealkylation sites (tertiary alicyclic amines) is 1. The number of rotatable bonds is 8. The molecule has 186 valence electrons. The molecule has 1 aliphatic heterocycles. The summed E-state index contributed by atoms with van der Waals surface area (Å²) in [5.74, 6) is 1.16. The molecule has 8 nitrogen and oxygen atoms in total. The van der Waals surface area contributed by atoms with Crippen molar-refractivity contribution in [1.82, 2.24) is 4.90 Å². The molecule has 0 bridgehead atoms. The van der Waals surface area contributed by atoms with Gasteiger partial charge in [-0.25, -0.2) is 0 Å². The Morgan fingerprint density at radius 2 is 1.81 bits per heavy atom. The van der Waals surface area contributed by atoms with E-state index in [1.165, 1.54) is 18.6 Å². The van der Waals surface area contributed by atoms with E-state index in [1.54, 1.807) is 31.5 Å². The lowest BCUT2D eigenvalue weighted by Gasteiger charge is -2.26. The third-order valence-electron chi connectivity index (χ3n) is 5.92. The van der Waals surface area contributed by atoms with Crippen molar-refractivity contribution in [3.8, 4) is 11.5 Å². The van der Waals surface area contributed by atoms with Crippen LogP contribution < -0.4 is 9.47 Å². The van der Waals surface area contributed by atoms with Crippen LogP contribution in [0.1, 0.15) is 40.7 Å². The van der Waals surface area contributed by atoms with Gasteiger partial charge in [-0.15, -0.1) is 0 Å². The number of nitro groups is 1. The molecule has 0 atom stereocenters. The molecule has 0 aromatic heterocycles. The molecule has 3 aromatic rings. The number of carbonyl (C=O) groups excluding carboxylic acids is 1. The first kappa shape index (κ1) is 25.2. The second kappa shape index (κ2) is 11.7. The summed E-state index contributed by atoms with van der Waals surface area (Å²) in [7, 11) is 1.55. The SMILES string of the molecule is COc1cc(C=Nc2ccc(Cl)c([N+](=O)[O-])c2)ccc1OCc1ccc(C(=O)N2CCCCC2)cc1. The fourth-order valence-electron chi connectivity index (χ4n) is 3.94. The van der Waals surface area contributed by atoms with Gasteiger partial charge in [0.1, 0.15) is 11.6 Å². The van der Waals surface area contributed by atoms with Crippen LogP contribution in [-0.2, 0) is 6.61 Å². The number of hydrogen-bond acceptors (Lipinski definition) is 6. The van der Waals surface area contributed by atoms with Crippen LogP contribution in [0, 0.1) is 10.1 Å². The number of hydrogen-bond donors (Lipinski definition) is 0. The molecule has 1 heterocycles. The number of halogens is 1. The molecule has 0 saturated carbocycles. The summed E-state index contributed by atoms with van der Waals surface area (Å²) in [6.07, 6.45) is 4.89. The fraction of sp³-hybridized carbons (Fsp3) is 0.259. The standard InChI is InChI=1S/C27H26ClN3O5/c1-35-26-15-20(17-29-22-10-11-23(28)24(16-22)31(33)34)7-12-25(26)36-18-19-5-8-21(9-6-19)27(32)30-13-3-2-4-14-30/h5-12,15-17H,2-4,13-14,18H2,1H3. The van der Waals surface area contributed by atoms with E-state index < -0.39 is 4.92 Å². The largest absolute Gasteiger partial charge is 0.493 e. The van der Waals surface area contributed by atoms with Crippen molar-refractivity contribution in [3.05, 3.63) is 92.5 Å². The average molecular weight is 508 g/mol. The van der Waals surface area contributed by atoms with Crippen molar-refractivity contribution >= 4 is 35.1 Å². The number of carbonyl (C=O) groups is 1. The Kier molecular flexibility index (Phi) is 8.17. The summed E-state index contributed by atoms with van der Waals surface area (Å²) < 4.78 is 11.4. The minimum atomic E-state index is -0.545. The minimum absolute atomic E-state index is 0.0605. The predicted octanol–water partition coefficient (Wildman–Crippen LogP) is 6.21. The minimum Gasteiger partial charge on any atom is -0.493 e. The molecule has 3 aromatic carbocycles. The number of nitro benzene ring substituents is 1. The van der Waals surface area contributed by atoms with Crippen LogP contribution in [0.3, 0.4) is 0 Å². The van der Waals surface area contributed by atoms with E-state index in [9.17, 15) is 14.9 Å². The Labute approximate surface area is 214 Å². The topological polar surface area (TPSA) is 94.3 Å². The predicted molar refractivity (Wildman–Crippen MR) is 139 cm³/mol. The van der Waals surface area contributed by atoms with E-state index in [0.717, 1.165) is 37.1 Å². The quantitative estimate of drug-likeness (QED) is 0.205. The van der Waals surface area contributed by atoms with Gasteiger partial charge in [-0.1, -0.05) is 23.7 Å². The third kappa shape index (κ3) is 6.20. The number of nitrogens with zero attached hydrogens (tertiary/aromatic N) is 3. The molecule has 0 radical (unpaired) electrons. The highest BCUT2D eigenvalue weighted by atomic mass is 35.5. The fourth-order valence-corrected chi connectivity index (χ4v) is 4.12. The number of piperidine rings is 1. The number of benzene rings is 3. The number of methoxy groups -OCH3 is 1. The van der Waals surface area contributed by atoms with E-state index in [2.05, 4.69) is 4.99 Å². The van der Waals surface area contributed by atoms with Gasteiger partial charge in [-0.05, 0) is 72.9 Å². The molecule has 1 saturated heterocycles. The zero-order valence-corrected chi connectivity index (χ0v) is 20.6. The lowest BCUT2D eigenvalue weighted by molar-refractivity contribution is -0.384. The van der Waals surface area contributed by atoms with Crippen LogP contribution in [0.4, 0.5) is 11.4 Å². The molecule has 1 amide bonds. The van der Waals surface area contributed by atoms with Crippen LogP contribution in [0.5, 0.6) is 11.5 Å². The molecule has 0 N–H and O–H groups in total. The first-order valence-electron chi connectivity index (χ1n) is 11.6. The number of aliphatic imine (C=N–C) groups is 1. The first-order chi connectivity index (χ1) is 17.4. The molecule has 1 aliphatic rings. The third-order valence-corrected chi connectivity index (χ3v) is 6.23. The van der Waals surface area contributed by atoms with Gasteiger partial charge in [-0.2, -0.15) is 0 Å². The van der Waals surface area contributed by atoms with Crippen molar-refractivity contribution in [3.63, 3.8) is 0 Å². The van der Waals surface area contributed by atoms with Crippen LogP contribution in [0.25, 0.3) is 0 Å². The monoisotopic (exact) mass is 507 g/mol. The van der Waals surface area contributed by atoms with Gasteiger partial charge < -0.3 is 14.4 Å². The van der Waals surface area contributed by atoms with Crippen LogP contribution >= 0.6 is 11.6 Å². The lowest BCUT2D eigenvalue weighted by atomic mass is 10.1. The lowest BCUT2D eigenvalue weighted by Crippen LogP contribution is -2.35. The second-order valence-electron chi connectivity index (χ2n) is 8.40. The maximum absolute atomic E-state index is 12.6. The highest BCUT2D eigenvalue weighted by Gasteiger charge is 2.18. The van der Waals surface area contributed by atoms with Crippen LogP contribution in [0.2, 0.25) is 5.02 Å². The van der Waals surface area contributed by atoms with Crippen molar-refractivity contribution in [2.24, 2.45) is 4.99 Å². The Morgan fingerprint density at radius 3 is 2.50 bits per heavy atom. The Hall–Kier alpha value is -3.91. The summed E-state index contributed by atoms with van der Waals surface area (Å²) in [4.78, 5) is 29.4. The molecule has 0 aliphatic carbocycles. The van der Waals surface area contributed by atoms with Gasteiger partial charge >= 0.3 is 0 Å². The van der Waals surface area contributed by atoms with Gasteiger partial charge in [0.25, 0.3) is 11.6 Å². The highest BCUT2D eigenvalue weighted by Crippen LogP contribution is 2.30. The molecule has 4 rings (SSSR count). The van der Waals surface area contributed by atoms with Gasteiger partial charge in [0.15, 0.2) is 11.5 Å². The van der Waals surface area contributed by atoms with E-state index in [4.69, 9.17) is 21.1 Å². The molecule has 1 fully saturated rings. The molecule has 0 unspecified atom stereocenters. The second-order valence-corrected chi connectivity index (χ2v) is 8.81. The normalized spacial score (nSPS) is 13.6. The number of amides is 1. The first-order valence-corrected chi connectivity index (χ1v) is 12.0. The highest BCUT2D eigenvalue weighted by molar-refractivity contribution is 6.32. The van der Waals surface area contributed by atoms with E-state index in [-0.39, 0.29) is 16.6 Å². The van der Waals surface area contributed by atoms with Crippen molar-refractivity contribution in [2.75, 3.05) is 20.2 Å². The number of ether oxygens (including phenoxy) is 2. The smallest absolute Gasteiger partial charge is 0.290 e. The maximum atomic E-state index is 12.6. The van der Waals surface area contributed by atoms with Gasteiger partial charge in [0.05, 0.1) is 17.7 Å². The zero-order chi connectivity index (χ0) is 25.5. The van der Waals surface area contributed by atoms with Crippen molar-refractivity contribution < 1.29 is 19.2 Å². The van der Waals surface area contributed by atoms with Crippen LogP contribution in [-0.4, -0.2) is 42.1 Å². The van der Waals surface area contributed by atoms with Crippen molar-refractivity contribution in [1.29, 1.82) is 0 Å². The van der Waals surface area contributed by atoms with E-state index >= 15 is 0 Å². The van der Waals surface area contributed by atoms with Gasteiger partial charge in [-0.3, -0.25) is 19.9 Å². The molecular formula is C27H26ClN3O5. The average Bonchev–Trinajstić information content (AvgIpc) is 2.91. The summed E-state index contributed by atoms with van der Waals surface area (Å²) in [5.41, 5.74) is 2.57. The van der Waals surface area contributed by atoms with Gasteiger partial charge in [0, 0.05) is 30.9 Å². The summed E-state index contributed by atoms with van der Waals surface area (Å²) in [6, 6.07) is 17.2. The molecule has 36 heavy (non-hydrogen) atoms.